The number of rotatable bonds is 7. The number of amides is 1. The van der Waals surface area contributed by atoms with E-state index in [1.165, 1.54) is 0 Å². The quantitative estimate of drug-likeness (QED) is 0.417. The van der Waals surface area contributed by atoms with Gasteiger partial charge in [0.25, 0.3) is 5.91 Å². The zero-order chi connectivity index (χ0) is 25.4. The Morgan fingerprint density at radius 3 is 2.26 bits per heavy atom. The first-order valence-corrected chi connectivity index (χ1v) is 11.6. The molecule has 0 radical (unpaired) electrons. The van der Waals surface area contributed by atoms with Gasteiger partial charge in [-0.15, -0.1) is 0 Å². The van der Waals surface area contributed by atoms with Crippen LogP contribution in [0.1, 0.15) is 61.3 Å². The Bertz CT molecular complexity index is 1390. The molecule has 35 heavy (non-hydrogen) atoms. The minimum Gasteiger partial charge on any atom is -0.489 e. The summed E-state index contributed by atoms with van der Waals surface area (Å²) in [5, 5.41) is 16.1. The van der Waals surface area contributed by atoms with Crippen molar-refractivity contribution in [2.75, 3.05) is 5.32 Å². The normalized spacial score (nSPS) is 11.2. The third-order valence-corrected chi connectivity index (χ3v) is 6.36. The van der Waals surface area contributed by atoms with E-state index in [9.17, 15) is 4.79 Å². The van der Waals surface area contributed by atoms with Crippen LogP contribution >= 0.6 is 0 Å². The lowest BCUT2D eigenvalue weighted by Gasteiger charge is -2.09. The predicted molar refractivity (Wildman–Crippen MR) is 133 cm³/mol. The number of aryl methyl sites for hydroxylation is 6. The minimum atomic E-state index is -0.361. The first kappa shape index (κ1) is 24.3. The highest BCUT2D eigenvalue weighted by atomic mass is 16.5. The van der Waals surface area contributed by atoms with Gasteiger partial charge in [-0.25, -0.2) is 0 Å². The maximum Gasteiger partial charge on any atom is 0.278 e. The zero-order valence-electron chi connectivity index (χ0n) is 21.6. The zero-order valence-corrected chi connectivity index (χ0v) is 21.6. The standard InChI is InChI=1S/C26H32N6O3/c1-14-9-15(2)11-21(10-14)34-13-23-20(7)35-30-25(23)26(33)27-24-17(4)29-32(19(24)6)12-22-16(3)28-31(8)18(22)5/h9-11H,12-13H2,1-8H3,(H,27,33). The number of carbonyl (C=O) groups is 1. The molecule has 3 heterocycles. The van der Waals surface area contributed by atoms with Gasteiger partial charge in [0.15, 0.2) is 5.69 Å². The number of anilines is 1. The molecule has 1 amide bonds. The molecule has 9 heteroatoms. The van der Waals surface area contributed by atoms with Crippen LogP contribution in [0.4, 0.5) is 5.69 Å². The fraction of sp³-hybridized carbons (Fsp3) is 0.385. The molecule has 0 bridgehead atoms. The van der Waals surface area contributed by atoms with Crippen LogP contribution in [0.3, 0.4) is 0 Å². The lowest BCUT2D eigenvalue weighted by molar-refractivity contribution is 0.101. The van der Waals surface area contributed by atoms with E-state index in [2.05, 4.69) is 26.7 Å². The number of hydrogen-bond donors (Lipinski definition) is 1. The van der Waals surface area contributed by atoms with E-state index in [4.69, 9.17) is 9.26 Å². The van der Waals surface area contributed by atoms with E-state index in [1.807, 2.05) is 70.1 Å². The molecule has 1 N–H and O–H groups in total. The van der Waals surface area contributed by atoms with E-state index in [1.54, 1.807) is 6.92 Å². The minimum absolute atomic E-state index is 0.178. The van der Waals surface area contributed by atoms with E-state index < -0.39 is 0 Å². The third kappa shape index (κ3) is 4.84. The topological polar surface area (TPSA) is 100 Å². The third-order valence-electron chi connectivity index (χ3n) is 6.36. The molecule has 1 aromatic carbocycles. The number of ether oxygens (including phenoxy) is 1. The van der Waals surface area contributed by atoms with Gasteiger partial charge in [-0.3, -0.25) is 14.2 Å². The van der Waals surface area contributed by atoms with Crippen LogP contribution in [0.2, 0.25) is 0 Å². The van der Waals surface area contributed by atoms with Crippen molar-refractivity contribution in [1.82, 2.24) is 24.7 Å². The summed E-state index contributed by atoms with van der Waals surface area (Å²) in [6, 6.07) is 6.00. The molecule has 0 aliphatic rings. The Hall–Kier alpha value is -3.88. The van der Waals surface area contributed by atoms with E-state index in [-0.39, 0.29) is 18.2 Å². The maximum absolute atomic E-state index is 13.2. The summed E-state index contributed by atoms with van der Waals surface area (Å²) in [5.41, 5.74) is 8.46. The van der Waals surface area contributed by atoms with Crippen molar-refractivity contribution in [2.45, 2.75) is 61.6 Å². The summed E-state index contributed by atoms with van der Waals surface area (Å²) in [4.78, 5) is 13.2. The predicted octanol–water partition coefficient (Wildman–Crippen LogP) is 4.64. The highest BCUT2D eigenvalue weighted by molar-refractivity contribution is 6.04. The van der Waals surface area contributed by atoms with Crippen molar-refractivity contribution in [3.8, 4) is 5.75 Å². The number of carbonyl (C=O) groups excluding carboxylic acids is 1. The number of benzene rings is 1. The highest BCUT2D eigenvalue weighted by Gasteiger charge is 2.23. The number of aromatic nitrogens is 5. The lowest BCUT2D eigenvalue weighted by Crippen LogP contribution is -2.16. The largest absolute Gasteiger partial charge is 0.489 e. The average molecular weight is 477 g/mol. The molecular formula is C26H32N6O3. The van der Waals surface area contributed by atoms with Gasteiger partial charge in [-0.05, 0) is 71.7 Å². The average Bonchev–Trinajstić information content (AvgIpc) is 3.36. The van der Waals surface area contributed by atoms with Crippen molar-refractivity contribution in [1.29, 1.82) is 0 Å². The van der Waals surface area contributed by atoms with Gasteiger partial charge in [0, 0.05) is 18.3 Å². The summed E-state index contributed by atoms with van der Waals surface area (Å²) < 4.78 is 15.1. The Labute approximate surface area is 205 Å². The molecule has 0 unspecified atom stereocenters. The summed E-state index contributed by atoms with van der Waals surface area (Å²) >= 11 is 0. The summed E-state index contributed by atoms with van der Waals surface area (Å²) in [6.45, 7) is 14.4. The lowest BCUT2D eigenvalue weighted by atomic mass is 10.1. The van der Waals surface area contributed by atoms with Crippen molar-refractivity contribution in [3.05, 3.63) is 74.7 Å². The van der Waals surface area contributed by atoms with Gasteiger partial charge < -0.3 is 14.6 Å². The van der Waals surface area contributed by atoms with E-state index >= 15 is 0 Å². The van der Waals surface area contributed by atoms with Crippen molar-refractivity contribution >= 4 is 11.6 Å². The fourth-order valence-corrected chi connectivity index (χ4v) is 4.31. The number of hydrogen-bond acceptors (Lipinski definition) is 6. The number of nitrogens with zero attached hydrogens (tertiary/aromatic N) is 5. The molecule has 184 valence electrons. The molecule has 0 spiro atoms. The Morgan fingerprint density at radius 1 is 0.943 bits per heavy atom. The monoisotopic (exact) mass is 476 g/mol. The molecule has 0 aliphatic carbocycles. The van der Waals surface area contributed by atoms with Crippen LogP contribution in [-0.2, 0) is 20.2 Å². The smallest absolute Gasteiger partial charge is 0.278 e. The van der Waals surface area contributed by atoms with Crippen LogP contribution in [0.5, 0.6) is 5.75 Å². The second-order valence-corrected chi connectivity index (χ2v) is 9.11. The maximum atomic E-state index is 13.2. The van der Waals surface area contributed by atoms with Gasteiger partial charge in [0.05, 0.1) is 34.9 Å². The van der Waals surface area contributed by atoms with Gasteiger partial charge >= 0.3 is 0 Å². The van der Waals surface area contributed by atoms with Crippen LogP contribution in [0, 0.1) is 48.5 Å². The first-order valence-electron chi connectivity index (χ1n) is 11.6. The molecule has 0 atom stereocenters. The fourth-order valence-electron chi connectivity index (χ4n) is 4.31. The molecule has 0 saturated heterocycles. The van der Waals surface area contributed by atoms with Crippen LogP contribution in [0.15, 0.2) is 22.7 Å². The van der Waals surface area contributed by atoms with E-state index in [0.29, 0.717) is 23.6 Å². The van der Waals surface area contributed by atoms with Gasteiger partial charge in [-0.1, -0.05) is 11.2 Å². The second-order valence-electron chi connectivity index (χ2n) is 9.11. The Balaban J connectivity index is 1.53. The molecule has 9 nitrogen and oxygen atoms in total. The summed E-state index contributed by atoms with van der Waals surface area (Å²) in [7, 11) is 1.93. The summed E-state index contributed by atoms with van der Waals surface area (Å²) in [5.74, 6) is 0.926. The molecule has 0 saturated carbocycles. The van der Waals surface area contributed by atoms with Crippen molar-refractivity contribution in [3.63, 3.8) is 0 Å². The van der Waals surface area contributed by atoms with Crippen LogP contribution in [-0.4, -0.2) is 30.6 Å². The van der Waals surface area contributed by atoms with Gasteiger partial charge in [0.1, 0.15) is 18.1 Å². The van der Waals surface area contributed by atoms with Crippen LogP contribution < -0.4 is 10.1 Å². The van der Waals surface area contributed by atoms with Crippen molar-refractivity contribution in [2.24, 2.45) is 7.05 Å². The summed E-state index contributed by atoms with van der Waals surface area (Å²) in [6.07, 6.45) is 0. The molecule has 4 rings (SSSR count). The molecule has 0 fully saturated rings. The molecule has 0 aliphatic heterocycles. The van der Waals surface area contributed by atoms with Gasteiger partial charge in [-0.2, -0.15) is 10.2 Å². The molecule has 3 aromatic heterocycles. The first-order chi connectivity index (χ1) is 16.5. The Kier molecular flexibility index (Phi) is 6.51. The molecular weight excluding hydrogens is 444 g/mol. The van der Waals surface area contributed by atoms with Crippen LogP contribution in [0.25, 0.3) is 0 Å². The Morgan fingerprint density at radius 2 is 1.63 bits per heavy atom. The number of nitrogens with one attached hydrogen (secondary N) is 1. The highest BCUT2D eigenvalue weighted by Crippen LogP contribution is 2.25. The molecule has 4 aromatic rings. The van der Waals surface area contributed by atoms with Crippen molar-refractivity contribution < 1.29 is 14.1 Å². The van der Waals surface area contributed by atoms with E-state index in [0.717, 1.165) is 45.2 Å². The van der Waals surface area contributed by atoms with Gasteiger partial charge in [0.2, 0.25) is 0 Å². The second kappa shape index (κ2) is 9.40. The SMILES string of the molecule is Cc1cc(C)cc(OCc2c(C(=O)Nc3c(C)nn(Cc4c(C)nn(C)c4C)c3C)noc2C)c1.